The van der Waals surface area contributed by atoms with Crippen LogP contribution in [0.15, 0.2) is 41.3 Å². The summed E-state index contributed by atoms with van der Waals surface area (Å²) in [5.74, 6) is 0.0154. The predicted molar refractivity (Wildman–Crippen MR) is 100 cm³/mol. The first kappa shape index (κ1) is 18.0. The third kappa shape index (κ3) is 3.76. The molecule has 1 aliphatic heterocycles. The average molecular weight is 399 g/mol. The molecule has 0 bridgehead atoms. The maximum atomic E-state index is 12.5. The van der Waals surface area contributed by atoms with Crippen molar-refractivity contribution in [1.82, 2.24) is 0 Å². The summed E-state index contributed by atoms with van der Waals surface area (Å²) in [6.07, 6.45) is 1.28. The van der Waals surface area contributed by atoms with E-state index in [1.807, 2.05) is 6.92 Å². The number of carbonyl (C=O) groups is 1. The van der Waals surface area contributed by atoms with Crippen molar-refractivity contribution in [2.45, 2.75) is 24.7 Å². The Morgan fingerprint density at radius 2 is 1.84 bits per heavy atom. The molecule has 0 unspecified atom stereocenters. The lowest BCUT2D eigenvalue weighted by atomic mass is 10.2. The smallest absolute Gasteiger partial charge is 0.263 e. The van der Waals surface area contributed by atoms with E-state index < -0.39 is 10.0 Å². The summed E-state index contributed by atoms with van der Waals surface area (Å²) in [6, 6.07) is 9.42. The topological polar surface area (TPSA) is 66.5 Å². The van der Waals surface area contributed by atoms with Gasteiger partial charge in [-0.2, -0.15) is 0 Å². The number of aryl methyl sites for hydroxylation is 1. The van der Waals surface area contributed by atoms with Gasteiger partial charge in [0, 0.05) is 13.0 Å². The van der Waals surface area contributed by atoms with E-state index in [1.165, 1.54) is 12.1 Å². The van der Waals surface area contributed by atoms with Crippen molar-refractivity contribution >= 4 is 50.5 Å². The molecule has 8 heteroatoms. The number of benzene rings is 2. The fourth-order valence-corrected chi connectivity index (χ4v) is 4.66. The van der Waals surface area contributed by atoms with Gasteiger partial charge in [0.25, 0.3) is 10.0 Å². The number of nitrogens with zero attached hydrogens (tertiary/aromatic N) is 1. The Kier molecular flexibility index (Phi) is 4.95. The number of rotatable bonds is 4. The van der Waals surface area contributed by atoms with E-state index in [-0.39, 0.29) is 15.8 Å². The number of carbonyl (C=O) groups excluding carboxylic acids is 1. The normalized spacial score (nSPS) is 14.8. The van der Waals surface area contributed by atoms with Crippen LogP contribution in [0.25, 0.3) is 0 Å². The molecule has 25 heavy (non-hydrogen) atoms. The summed E-state index contributed by atoms with van der Waals surface area (Å²) in [7, 11) is -3.84. The molecule has 3 rings (SSSR count). The SMILES string of the molecule is Cc1ccc(S(=O)(=O)Nc2ccc(N3CCCC3=O)c(Cl)c2)c(Cl)c1. The molecule has 5 nitrogen and oxygen atoms in total. The summed E-state index contributed by atoms with van der Waals surface area (Å²) in [5.41, 5.74) is 1.75. The zero-order valence-electron chi connectivity index (χ0n) is 13.4. The van der Waals surface area contributed by atoms with Gasteiger partial charge in [-0.25, -0.2) is 8.42 Å². The van der Waals surface area contributed by atoms with Crippen molar-refractivity contribution in [2.24, 2.45) is 0 Å². The Labute approximate surface area is 156 Å². The van der Waals surface area contributed by atoms with Gasteiger partial charge < -0.3 is 4.90 Å². The molecule has 1 N–H and O–H groups in total. The molecule has 1 fully saturated rings. The molecular formula is C17H16Cl2N2O3S. The van der Waals surface area contributed by atoms with Crippen LogP contribution in [-0.2, 0) is 14.8 Å². The van der Waals surface area contributed by atoms with E-state index in [4.69, 9.17) is 23.2 Å². The van der Waals surface area contributed by atoms with Gasteiger partial charge in [0.05, 0.1) is 21.4 Å². The molecule has 0 aliphatic carbocycles. The third-order valence-corrected chi connectivity index (χ3v) is 6.11. The minimum absolute atomic E-state index is 0.00492. The summed E-state index contributed by atoms with van der Waals surface area (Å²) in [6.45, 7) is 2.44. The average Bonchev–Trinajstić information content (AvgIpc) is 2.92. The molecule has 2 aromatic rings. The van der Waals surface area contributed by atoms with Crippen molar-refractivity contribution in [3.05, 3.63) is 52.0 Å². The zero-order valence-corrected chi connectivity index (χ0v) is 15.7. The predicted octanol–water partition coefficient (Wildman–Crippen LogP) is 4.23. The lowest BCUT2D eigenvalue weighted by molar-refractivity contribution is -0.117. The number of hydrogen-bond acceptors (Lipinski definition) is 3. The van der Waals surface area contributed by atoms with Crippen LogP contribution in [0.5, 0.6) is 0 Å². The van der Waals surface area contributed by atoms with Crippen molar-refractivity contribution in [2.75, 3.05) is 16.2 Å². The fraction of sp³-hybridized carbons (Fsp3) is 0.235. The molecule has 1 aliphatic rings. The van der Waals surface area contributed by atoms with Crippen LogP contribution in [0, 0.1) is 6.92 Å². The Hall–Kier alpha value is -1.76. The molecule has 2 aromatic carbocycles. The minimum atomic E-state index is -3.84. The van der Waals surface area contributed by atoms with Crippen LogP contribution in [-0.4, -0.2) is 20.9 Å². The Balaban J connectivity index is 1.87. The standard InChI is InChI=1S/C17H16Cl2N2O3S/c1-11-4-7-16(14(19)9-11)25(23,24)20-12-5-6-15(13(18)10-12)21-8-2-3-17(21)22/h4-7,9-10,20H,2-3,8H2,1H3. The van der Waals surface area contributed by atoms with Crippen molar-refractivity contribution < 1.29 is 13.2 Å². The highest BCUT2D eigenvalue weighted by Gasteiger charge is 2.24. The number of amides is 1. The summed E-state index contributed by atoms with van der Waals surface area (Å²) in [4.78, 5) is 13.4. The molecule has 1 amide bonds. The number of sulfonamides is 1. The van der Waals surface area contributed by atoms with Crippen LogP contribution in [0.1, 0.15) is 18.4 Å². The molecule has 0 radical (unpaired) electrons. The van der Waals surface area contributed by atoms with Gasteiger partial charge in [0.2, 0.25) is 5.91 Å². The Morgan fingerprint density at radius 3 is 2.44 bits per heavy atom. The molecule has 1 saturated heterocycles. The van der Waals surface area contributed by atoms with E-state index in [0.29, 0.717) is 29.4 Å². The van der Waals surface area contributed by atoms with E-state index in [1.54, 1.807) is 29.2 Å². The summed E-state index contributed by atoms with van der Waals surface area (Å²) >= 11 is 12.3. The lowest BCUT2D eigenvalue weighted by Crippen LogP contribution is -2.24. The van der Waals surface area contributed by atoms with Gasteiger partial charge in [0.15, 0.2) is 0 Å². The monoisotopic (exact) mass is 398 g/mol. The highest BCUT2D eigenvalue weighted by atomic mass is 35.5. The number of halogens is 2. The van der Waals surface area contributed by atoms with Gasteiger partial charge in [-0.3, -0.25) is 9.52 Å². The molecule has 1 heterocycles. The molecule has 0 aromatic heterocycles. The van der Waals surface area contributed by atoms with Crippen LogP contribution in [0.3, 0.4) is 0 Å². The van der Waals surface area contributed by atoms with E-state index in [9.17, 15) is 13.2 Å². The largest absolute Gasteiger partial charge is 0.311 e. The zero-order chi connectivity index (χ0) is 18.2. The van der Waals surface area contributed by atoms with Crippen LogP contribution >= 0.6 is 23.2 Å². The second-order valence-corrected chi connectivity index (χ2v) is 8.32. The van der Waals surface area contributed by atoms with Gasteiger partial charge in [-0.15, -0.1) is 0 Å². The first-order valence-electron chi connectivity index (χ1n) is 7.67. The van der Waals surface area contributed by atoms with E-state index in [2.05, 4.69) is 4.72 Å². The highest BCUT2D eigenvalue weighted by Crippen LogP contribution is 2.33. The molecule has 0 saturated carbocycles. The summed E-state index contributed by atoms with van der Waals surface area (Å²) < 4.78 is 27.5. The fourth-order valence-electron chi connectivity index (χ4n) is 2.73. The molecule has 0 atom stereocenters. The maximum Gasteiger partial charge on any atom is 0.263 e. The summed E-state index contributed by atoms with van der Waals surface area (Å²) in [5, 5.41) is 0.461. The second kappa shape index (κ2) is 6.86. The van der Waals surface area contributed by atoms with Gasteiger partial charge in [0.1, 0.15) is 4.90 Å². The minimum Gasteiger partial charge on any atom is -0.311 e. The van der Waals surface area contributed by atoms with Crippen molar-refractivity contribution in [3.8, 4) is 0 Å². The van der Waals surface area contributed by atoms with Crippen LogP contribution in [0.2, 0.25) is 10.0 Å². The Bertz CT molecular complexity index is 945. The van der Waals surface area contributed by atoms with E-state index in [0.717, 1.165) is 12.0 Å². The van der Waals surface area contributed by atoms with Crippen molar-refractivity contribution in [1.29, 1.82) is 0 Å². The number of anilines is 2. The molecule has 132 valence electrons. The van der Waals surface area contributed by atoms with E-state index >= 15 is 0 Å². The molecular weight excluding hydrogens is 383 g/mol. The highest BCUT2D eigenvalue weighted by molar-refractivity contribution is 7.92. The molecule has 0 spiro atoms. The third-order valence-electron chi connectivity index (χ3n) is 3.94. The van der Waals surface area contributed by atoms with Gasteiger partial charge >= 0.3 is 0 Å². The number of hydrogen-bond donors (Lipinski definition) is 1. The van der Waals surface area contributed by atoms with Crippen LogP contribution in [0.4, 0.5) is 11.4 Å². The second-order valence-electron chi connectivity index (χ2n) is 5.85. The van der Waals surface area contributed by atoms with Crippen LogP contribution < -0.4 is 9.62 Å². The Morgan fingerprint density at radius 1 is 1.08 bits per heavy atom. The first-order chi connectivity index (χ1) is 11.8. The first-order valence-corrected chi connectivity index (χ1v) is 9.91. The lowest BCUT2D eigenvalue weighted by Gasteiger charge is -2.18. The number of nitrogens with one attached hydrogen (secondary N) is 1. The van der Waals surface area contributed by atoms with Gasteiger partial charge in [-0.05, 0) is 49.2 Å². The van der Waals surface area contributed by atoms with Gasteiger partial charge in [-0.1, -0.05) is 29.3 Å². The quantitative estimate of drug-likeness (QED) is 0.837. The maximum absolute atomic E-state index is 12.5. The van der Waals surface area contributed by atoms with Crippen molar-refractivity contribution in [3.63, 3.8) is 0 Å².